The summed E-state index contributed by atoms with van der Waals surface area (Å²) in [7, 11) is 0. The van der Waals surface area contributed by atoms with E-state index in [0.717, 1.165) is 28.2 Å². The predicted molar refractivity (Wildman–Crippen MR) is 108 cm³/mol. The van der Waals surface area contributed by atoms with Gasteiger partial charge < -0.3 is 5.32 Å². The van der Waals surface area contributed by atoms with E-state index in [0.29, 0.717) is 5.95 Å². The number of hydrogen-bond acceptors (Lipinski definition) is 4. The maximum atomic E-state index is 11.5. The number of hydrogen-bond donors (Lipinski definition) is 2. The Kier molecular flexibility index (Phi) is 5.56. The number of aromatic nitrogens is 2. The lowest BCUT2D eigenvalue weighted by Crippen LogP contribution is -2.34. The summed E-state index contributed by atoms with van der Waals surface area (Å²) >= 11 is 0. The third-order valence-corrected chi connectivity index (χ3v) is 3.73. The number of aryl methyl sites for hydroxylation is 2. The molecule has 0 unspecified atom stereocenters. The van der Waals surface area contributed by atoms with E-state index in [1.165, 1.54) is 6.92 Å². The van der Waals surface area contributed by atoms with Crippen molar-refractivity contribution < 1.29 is 4.79 Å². The summed E-state index contributed by atoms with van der Waals surface area (Å²) in [5.74, 6) is 0.344. The number of nitrogens with one attached hydrogen (secondary N) is 2. The van der Waals surface area contributed by atoms with Crippen molar-refractivity contribution in [1.82, 2.24) is 15.3 Å². The van der Waals surface area contributed by atoms with E-state index in [-0.39, 0.29) is 11.9 Å². The highest BCUT2D eigenvalue weighted by molar-refractivity contribution is 6.04. The Morgan fingerprint density at radius 1 is 0.889 bits per heavy atom. The Balaban J connectivity index is 1.84. The molecule has 0 bridgehead atoms. The van der Waals surface area contributed by atoms with Gasteiger partial charge >= 0.3 is 0 Å². The molecule has 1 amide bonds. The molecule has 6 heteroatoms. The topological polar surface area (TPSA) is 79.3 Å². The summed E-state index contributed by atoms with van der Waals surface area (Å²) in [6, 6.07) is 19.9. The molecule has 0 aliphatic heterocycles. The van der Waals surface area contributed by atoms with Gasteiger partial charge in [0.25, 0.3) is 5.95 Å². The molecule has 1 heterocycles. The molecule has 2 N–H and O–H groups in total. The summed E-state index contributed by atoms with van der Waals surface area (Å²) in [5, 5.41) is 5.80. The maximum absolute atomic E-state index is 11.5. The molecule has 27 heavy (non-hydrogen) atoms. The minimum atomic E-state index is -0.230. The van der Waals surface area contributed by atoms with Crippen LogP contribution < -0.4 is 10.6 Å². The summed E-state index contributed by atoms with van der Waals surface area (Å²) < 4.78 is 0. The zero-order chi connectivity index (χ0) is 19.2. The van der Waals surface area contributed by atoms with Crippen LogP contribution in [-0.4, -0.2) is 21.8 Å². The average molecular weight is 359 g/mol. The molecule has 0 saturated carbocycles. The Hall–Kier alpha value is -3.54. The highest BCUT2D eigenvalue weighted by Crippen LogP contribution is 2.21. The zero-order valence-electron chi connectivity index (χ0n) is 15.5. The van der Waals surface area contributed by atoms with Crippen molar-refractivity contribution in [2.24, 2.45) is 4.99 Å². The van der Waals surface area contributed by atoms with Crippen molar-refractivity contribution in [2.75, 3.05) is 5.32 Å². The summed E-state index contributed by atoms with van der Waals surface area (Å²) in [4.78, 5) is 24.5. The van der Waals surface area contributed by atoms with Crippen LogP contribution in [0.25, 0.3) is 11.1 Å². The minimum absolute atomic E-state index is 0.230. The molecule has 0 aliphatic carbocycles. The van der Waals surface area contributed by atoms with E-state index in [4.69, 9.17) is 0 Å². The van der Waals surface area contributed by atoms with Gasteiger partial charge in [-0.25, -0.2) is 9.97 Å². The van der Waals surface area contributed by atoms with Gasteiger partial charge in [-0.3, -0.25) is 10.1 Å². The van der Waals surface area contributed by atoms with Crippen LogP contribution in [0, 0.1) is 13.8 Å². The fourth-order valence-corrected chi connectivity index (χ4v) is 2.62. The van der Waals surface area contributed by atoms with Gasteiger partial charge in [-0.15, -0.1) is 0 Å². The van der Waals surface area contributed by atoms with E-state index in [2.05, 4.69) is 37.7 Å². The fraction of sp³-hybridized carbons (Fsp3) is 0.143. The minimum Gasteiger partial charge on any atom is -0.326 e. The van der Waals surface area contributed by atoms with Gasteiger partial charge in [0.05, 0.1) is 0 Å². The molecule has 2 aromatic carbocycles. The molecule has 1 aromatic heterocycles. The second-order valence-corrected chi connectivity index (χ2v) is 6.16. The SMILES string of the molecule is CC(=O)N/C(=N\c1nc(C)cc(C)n1)Nc1ccc(-c2ccccc2)cc1. The lowest BCUT2D eigenvalue weighted by molar-refractivity contribution is -0.117. The van der Waals surface area contributed by atoms with Gasteiger partial charge in [0.15, 0.2) is 0 Å². The number of carbonyl (C=O) groups excluding carboxylic acids is 1. The number of aliphatic imine (C=N–C) groups is 1. The first-order valence-electron chi connectivity index (χ1n) is 8.61. The second-order valence-electron chi connectivity index (χ2n) is 6.16. The van der Waals surface area contributed by atoms with E-state index in [9.17, 15) is 4.79 Å². The monoisotopic (exact) mass is 359 g/mol. The molecule has 3 rings (SSSR count). The molecule has 0 saturated heterocycles. The first-order chi connectivity index (χ1) is 13.0. The van der Waals surface area contributed by atoms with Crippen LogP contribution in [0.1, 0.15) is 18.3 Å². The van der Waals surface area contributed by atoms with Crippen molar-refractivity contribution in [3.8, 4) is 11.1 Å². The van der Waals surface area contributed by atoms with Crippen molar-refractivity contribution in [3.63, 3.8) is 0 Å². The molecule has 0 spiro atoms. The quantitative estimate of drug-likeness (QED) is 0.547. The van der Waals surface area contributed by atoms with Gasteiger partial charge in [-0.1, -0.05) is 42.5 Å². The molecule has 0 fully saturated rings. The number of benzene rings is 2. The van der Waals surface area contributed by atoms with E-state index in [1.54, 1.807) is 0 Å². The number of carbonyl (C=O) groups is 1. The summed E-state index contributed by atoms with van der Waals surface area (Å²) in [6.45, 7) is 5.18. The molecule has 0 aliphatic rings. The van der Waals surface area contributed by atoms with Gasteiger partial charge in [-0.05, 0) is 43.2 Å². The molecule has 3 aromatic rings. The Bertz CT molecular complexity index is 945. The third kappa shape index (κ3) is 5.22. The van der Waals surface area contributed by atoms with Crippen LogP contribution in [0.2, 0.25) is 0 Å². The van der Waals surface area contributed by atoms with Crippen molar-refractivity contribution in [1.29, 1.82) is 0 Å². The summed E-state index contributed by atoms with van der Waals surface area (Å²) in [5.41, 5.74) is 4.68. The van der Waals surface area contributed by atoms with E-state index < -0.39 is 0 Å². The molecule has 0 radical (unpaired) electrons. The van der Waals surface area contributed by atoms with Crippen molar-refractivity contribution in [3.05, 3.63) is 72.1 Å². The zero-order valence-corrected chi connectivity index (χ0v) is 15.5. The lowest BCUT2D eigenvalue weighted by atomic mass is 10.1. The molecular formula is C21H21N5O. The van der Waals surface area contributed by atoms with Crippen LogP contribution >= 0.6 is 0 Å². The van der Waals surface area contributed by atoms with E-state index in [1.807, 2.05) is 62.4 Å². The first-order valence-corrected chi connectivity index (χ1v) is 8.61. The van der Waals surface area contributed by atoms with Crippen molar-refractivity contribution in [2.45, 2.75) is 20.8 Å². The Labute approximate surface area is 158 Å². The second kappa shape index (κ2) is 8.23. The Morgan fingerprint density at radius 2 is 1.48 bits per heavy atom. The lowest BCUT2D eigenvalue weighted by Gasteiger charge is -2.11. The molecule has 6 nitrogen and oxygen atoms in total. The highest BCUT2D eigenvalue weighted by Gasteiger charge is 2.06. The standard InChI is InChI=1S/C21H21N5O/c1-14-13-15(2)23-20(22-14)26-21(24-16(3)27)25-19-11-9-18(10-12-19)17-7-5-4-6-8-17/h4-13H,1-3H3,(H2,22,23,24,25,26,27). The third-order valence-electron chi connectivity index (χ3n) is 3.73. The number of rotatable bonds is 3. The highest BCUT2D eigenvalue weighted by atomic mass is 16.1. The van der Waals surface area contributed by atoms with Crippen molar-refractivity contribution >= 4 is 23.5 Å². The largest absolute Gasteiger partial charge is 0.326 e. The van der Waals surface area contributed by atoms with Crippen LogP contribution in [0.4, 0.5) is 11.6 Å². The number of amides is 1. The van der Waals surface area contributed by atoms with Gasteiger partial charge in [0.2, 0.25) is 11.9 Å². The average Bonchev–Trinajstić information content (AvgIpc) is 2.61. The Morgan fingerprint density at radius 3 is 2.07 bits per heavy atom. The number of nitrogens with zero attached hydrogens (tertiary/aromatic N) is 3. The fourth-order valence-electron chi connectivity index (χ4n) is 2.62. The van der Waals surface area contributed by atoms with Crippen LogP contribution in [0.3, 0.4) is 0 Å². The van der Waals surface area contributed by atoms with Gasteiger partial charge in [0.1, 0.15) is 0 Å². The summed E-state index contributed by atoms with van der Waals surface area (Å²) in [6.07, 6.45) is 0. The predicted octanol–water partition coefficient (Wildman–Crippen LogP) is 4.00. The van der Waals surface area contributed by atoms with Gasteiger partial charge in [-0.2, -0.15) is 4.99 Å². The van der Waals surface area contributed by atoms with Crippen LogP contribution in [0.5, 0.6) is 0 Å². The molecule has 136 valence electrons. The number of guanidine groups is 1. The first kappa shape index (κ1) is 18.3. The maximum Gasteiger partial charge on any atom is 0.253 e. The van der Waals surface area contributed by atoms with Crippen LogP contribution in [0.15, 0.2) is 65.7 Å². The smallest absolute Gasteiger partial charge is 0.253 e. The normalized spacial score (nSPS) is 11.1. The van der Waals surface area contributed by atoms with Gasteiger partial charge in [0, 0.05) is 24.0 Å². The molecular weight excluding hydrogens is 338 g/mol. The van der Waals surface area contributed by atoms with Crippen LogP contribution in [-0.2, 0) is 4.79 Å². The van der Waals surface area contributed by atoms with E-state index >= 15 is 0 Å². The molecule has 0 atom stereocenters. The number of anilines is 1.